The standard InChI is InChI=1S/C14H23NO4/c1-8-10-4-9(14(10,2)3)5-11(8)15(6-12(16)17)7-13(18)19/h8-11H,4-7H2,1-3H3,(H,16,17)(H,18,19). The normalized spacial score (nSPS) is 35.8. The lowest BCUT2D eigenvalue weighted by Crippen LogP contribution is -2.61. The summed E-state index contributed by atoms with van der Waals surface area (Å²) in [5, 5.41) is 17.9. The van der Waals surface area contributed by atoms with E-state index < -0.39 is 11.9 Å². The van der Waals surface area contributed by atoms with Crippen molar-refractivity contribution in [2.45, 2.75) is 39.7 Å². The van der Waals surface area contributed by atoms with Crippen LogP contribution in [-0.2, 0) is 9.59 Å². The Morgan fingerprint density at radius 2 is 1.68 bits per heavy atom. The second kappa shape index (κ2) is 4.78. The van der Waals surface area contributed by atoms with E-state index in [1.54, 1.807) is 4.90 Å². The second-order valence-corrected chi connectivity index (χ2v) is 6.72. The van der Waals surface area contributed by atoms with Gasteiger partial charge in [0.15, 0.2) is 0 Å². The molecule has 2 bridgehead atoms. The first-order chi connectivity index (χ1) is 8.73. The van der Waals surface area contributed by atoms with Gasteiger partial charge in [0.2, 0.25) is 0 Å². The van der Waals surface area contributed by atoms with Gasteiger partial charge in [-0.2, -0.15) is 0 Å². The number of carboxylic acid groups (broad SMARTS) is 2. The first-order valence-corrected chi connectivity index (χ1v) is 6.91. The van der Waals surface area contributed by atoms with Gasteiger partial charge in [-0.25, -0.2) is 0 Å². The van der Waals surface area contributed by atoms with Crippen molar-refractivity contribution in [3.05, 3.63) is 0 Å². The minimum Gasteiger partial charge on any atom is -0.480 e. The van der Waals surface area contributed by atoms with Crippen molar-refractivity contribution in [2.75, 3.05) is 13.1 Å². The molecule has 0 radical (unpaired) electrons. The first kappa shape index (κ1) is 14.3. The maximum Gasteiger partial charge on any atom is 0.317 e. The van der Waals surface area contributed by atoms with Crippen LogP contribution in [0.1, 0.15) is 33.6 Å². The third-order valence-electron chi connectivity index (χ3n) is 5.46. The van der Waals surface area contributed by atoms with E-state index in [1.807, 2.05) is 0 Å². The second-order valence-electron chi connectivity index (χ2n) is 6.72. The molecule has 4 atom stereocenters. The largest absolute Gasteiger partial charge is 0.480 e. The van der Waals surface area contributed by atoms with E-state index in [4.69, 9.17) is 10.2 Å². The molecule has 2 N–H and O–H groups in total. The van der Waals surface area contributed by atoms with Crippen molar-refractivity contribution in [3.8, 4) is 0 Å². The smallest absolute Gasteiger partial charge is 0.317 e. The molecule has 4 unspecified atom stereocenters. The van der Waals surface area contributed by atoms with Gasteiger partial charge in [0.05, 0.1) is 13.1 Å². The van der Waals surface area contributed by atoms with E-state index in [1.165, 1.54) is 6.42 Å². The van der Waals surface area contributed by atoms with Gasteiger partial charge in [0.1, 0.15) is 0 Å². The van der Waals surface area contributed by atoms with Crippen LogP contribution in [0, 0.1) is 23.2 Å². The molecule has 0 aliphatic heterocycles. The van der Waals surface area contributed by atoms with E-state index in [0.29, 0.717) is 23.2 Å². The van der Waals surface area contributed by atoms with Crippen LogP contribution in [0.2, 0.25) is 0 Å². The van der Waals surface area contributed by atoms with Crippen molar-refractivity contribution in [3.63, 3.8) is 0 Å². The summed E-state index contributed by atoms with van der Waals surface area (Å²) in [7, 11) is 0. The Labute approximate surface area is 113 Å². The van der Waals surface area contributed by atoms with Crippen LogP contribution in [-0.4, -0.2) is 46.2 Å². The molecule has 0 spiro atoms. The zero-order valence-electron chi connectivity index (χ0n) is 11.8. The van der Waals surface area contributed by atoms with Crippen LogP contribution >= 0.6 is 0 Å². The highest BCUT2D eigenvalue weighted by atomic mass is 16.4. The fourth-order valence-electron chi connectivity index (χ4n) is 4.24. The molecule has 0 aromatic carbocycles. The molecule has 0 saturated heterocycles. The molecule has 3 rings (SSSR count). The molecule has 5 nitrogen and oxygen atoms in total. The summed E-state index contributed by atoms with van der Waals surface area (Å²) in [4.78, 5) is 23.5. The zero-order valence-corrected chi connectivity index (χ0v) is 11.8. The van der Waals surface area contributed by atoms with Gasteiger partial charge in [-0.3, -0.25) is 14.5 Å². The molecule has 3 aliphatic rings. The predicted octanol–water partition coefficient (Wildman–Crippen LogP) is 1.53. The van der Waals surface area contributed by atoms with Gasteiger partial charge < -0.3 is 10.2 Å². The lowest BCUT2D eigenvalue weighted by atomic mass is 9.44. The Kier molecular flexibility index (Phi) is 3.60. The minimum absolute atomic E-state index is 0.0870. The molecule has 108 valence electrons. The van der Waals surface area contributed by atoms with E-state index >= 15 is 0 Å². The van der Waals surface area contributed by atoms with Crippen LogP contribution in [0.3, 0.4) is 0 Å². The van der Waals surface area contributed by atoms with Crippen LogP contribution in [0.15, 0.2) is 0 Å². The van der Waals surface area contributed by atoms with E-state index in [2.05, 4.69) is 20.8 Å². The van der Waals surface area contributed by atoms with Gasteiger partial charge >= 0.3 is 11.9 Å². The molecular weight excluding hydrogens is 246 g/mol. The molecule has 3 fully saturated rings. The summed E-state index contributed by atoms with van der Waals surface area (Å²) < 4.78 is 0. The van der Waals surface area contributed by atoms with E-state index in [-0.39, 0.29) is 19.1 Å². The van der Waals surface area contributed by atoms with Crippen LogP contribution in [0.25, 0.3) is 0 Å². The molecule has 0 heterocycles. The number of fused-ring (bicyclic) bond motifs is 2. The Morgan fingerprint density at radius 1 is 1.16 bits per heavy atom. The number of aliphatic carboxylic acids is 2. The van der Waals surface area contributed by atoms with Crippen LogP contribution in [0.4, 0.5) is 0 Å². The molecule has 0 aromatic rings. The van der Waals surface area contributed by atoms with Crippen LogP contribution < -0.4 is 0 Å². The van der Waals surface area contributed by atoms with Crippen molar-refractivity contribution in [1.82, 2.24) is 4.90 Å². The number of hydrogen-bond donors (Lipinski definition) is 2. The number of hydrogen-bond acceptors (Lipinski definition) is 3. The Balaban J connectivity index is 2.10. The van der Waals surface area contributed by atoms with Crippen molar-refractivity contribution >= 4 is 11.9 Å². The minimum atomic E-state index is -0.952. The molecule has 0 aromatic heterocycles. The summed E-state index contributed by atoms with van der Waals surface area (Å²) in [6.07, 6.45) is 2.13. The van der Waals surface area contributed by atoms with Gasteiger partial charge in [-0.15, -0.1) is 0 Å². The monoisotopic (exact) mass is 269 g/mol. The Hall–Kier alpha value is -1.10. The number of nitrogens with zero attached hydrogens (tertiary/aromatic N) is 1. The predicted molar refractivity (Wildman–Crippen MR) is 69.8 cm³/mol. The SMILES string of the molecule is CC1C(N(CC(=O)O)CC(=O)O)CC2CC1C2(C)C. The van der Waals surface area contributed by atoms with Crippen molar-refractivity contribution in [2.24, 2.45) is 23.2 Å². The van der Waals surface area contributed by atoms with E-state index in [9.17, 15) is 9.59 Å². The average Bonchev–Trinajstić information content (AvgIpc) is 2.26. The summed E-state index contributed by atoms with van der Waals surface area (Å²) in [6.45, 7) is 6.33. The summed E-state index contributed by atoms with van der Waals surface area (Å²) in [6, 6.07) is 0.0870. The number of carbonyl (C=O) groups is 2. The third-order valence-corrected chi connectivity index (χ3v) is 5.46. The molecule has 0 amide bonds. The molecule has 5 heteroatoms. The van der Waals surface area contributed by atoms with Crippen molar-refractivity contribution in [1.29, 1.82) is 0 Å². The Bertz CT molecular complexity index is 377. The van der Waals surface area contributed by atoms with Gasteiger partial charge in [-0.1, -0.05) is 20.8 Å². The van der Waals surface area contributed by atoms with E-state index in [0.717, 1.165) is 6.42 Å². The molecule has 3 saturated carbocycles. The third kappa shape index (κ3) is 2.48. The van der Waals surface area contributed by atoms with Gasteiger partial charge in [0.25, 0.3) is 0 Å². The molecule has 19 heavy (non-hydrogen) atoms. The number of carboxylic acids is 2. The maximum absolute atomic E-state index is 10.9. The quantitative estimate of drug-likeness (QED) is 0.791. The lowest BCUT2D eigenvalue weighted by Gasteiger charge is -2.63. The highest BCUT2D eigenvalue weighted by molar-refractivity contribution is 5.72. The highest BCUT2D eigenvalue weighted by Crippen LogP contribution is 2.61. The van der Waals surface area contributed by atoms with Gasteiger partial charge in [-0.05, 0) is 36.0 Å². The lowest BCUT2D eigenvalue weighted by molar-refractivity contribution is -0.157. The topological polar surface area (TPSA) is 77.8 Å². The zero-order chi connectivity index (χ0) is 14.4. The Morgan fingerprint density at radius 3 is 2.05 bits per heavy atom. The highest BCUT2D eigenvalue weighted by Gasteiger charge is 2.57. The first-order valence-electron chi connectivity index (χ1n) is 6.91. The van der Waals surface area contributed by atoms with Crippen LogP contribution in [0.5, 0.6) is 0 Å². The van der Waals surface area contributed by atoms with Gasteiger partial charge in [0, 0.05) is 6.04 Å². The summed E-state index contributed by atoms with van der Waals surface area (Å²) in [5.74, 6) is -0.359. The van der Waals surface area contributed by atoms with Crippen molar-refractivity contribution < 1.29 is 19.8 Å². The number of rotatable bonds is 5. The summed E-state index contributed by atoms with van der Waals surface area (Å²) in [5.41, 5.74) is 0.327. The maximum atomic E-state index is 10.9. The molecule has 3 aliphatic carbocycles. The fourth-order valence-corrected chi connectivity index (χ4v) is 4.24. The summed E-state index contributed by atoms with van der Waals surface area (Å²) >= 11 is 0. The molecular formula is C14H23NO4. The fraction of sp³-hybridized carbons (Fsp3) is 0.857. The average molecular weight is 269 g/mol.